The number of halogens is 1. The minimum absolute atomic E-state index is 0.256. The molecule has 1 aromatic carbocycles. The fraction of sp³-hybridized carbons (Fsp3) is 0.400. The van der Waals surface area contributed by atoms with Crippen molar-refractivity contribution >= 4 is 28.0 Å². The number of carboxylic acids is 1. The average molecular weight is 325 g/mol. The summed E-state index contributed by atoms with van der Waals surface area (Å²) in [5.41, 5.74) is 0.794. The van der Waals surface area contributed by atoms with Crippen molar-refractivity contribution in [2.24, 2.45) is 0 Å². The highest BCUT2D eigenvalue weighted by Crippen LogP contribution is 2.29. The largest absolute Gasteiger partial charge is 0.490 e. The molecule has 0 spiro atoms. The maximum Gasteiger partial charge on any atom is 0.328 e. The molecule has 0 amide bonds. The number of carbonyl (C=O) groups is 1. The summed E-state index contributed by atoms with van der Waals surface area (Å²) >= 11 is 3.39. The second-order valence-electron chi connectivity index (χ2n) is 4.73. The third-order valence-electron chi connectivity index (χ3n) is 3.22. The average Bonchev–Trinajstić information content (AvgIpc) is 2.40. The van der Waals surface area contributed by atoms with Gasteiger partial charge in [-0.1, -0.05) is 22.4 Å². The van der Waals surface area contributed by atoms with Gasteiger partial charge in [0.2, 0.25) is 0 Å². The highest BCUT2D eigenvalue weighted by Gasteiger charge is 2.16. The number of hydrogen-bond donors (Lipinski definition) is 1. The third kappa shape index (κ3) is 4.39. The summed E-state index contributed by atoms with van der Waals surface area (Å²) in [7, 11) is 0. The Hall–Kier alpha value is -1.29. The SMILES string of the molecule is O=C(O)/C=C/c1cc(Br)ccc1OC1CCCCC1. The molecule has 19 heavy (non-hydrogen) atoms. The molecule has 1 aliphatic carbocycles. The highest BCUT2D eigenvalue weighted by molar-refractivity contribution is 9.10. The predicted octanol–water partition coefficient (Wildman–Crippen LogP) is 4.26. The first-order valence-electron chi connectivity index (χ1n) is 6.52. The zero-order chi connectivity index (χ0) is 13.7. The molecule has 1 N–H and O–H groups in total. The van der Waals surface area contributed by atoms with Gasteiger partial charge in [-0.2, -0.15) is 0 Å². The van der Waals surface area contributed by atoms with Gasteiger partial charge in [0.15, 0.2) is 0 Å². The molecule has 0 atom stereocenters. The van der Waals surface area contributed by atoms with E-state index in [4.69, 9.17) is 9.84 Å². The van der Waals surface area contributed by atoms with Crippen molar-refractivity contribution in [1.82, 2.24) is 0 Å². The van der Waals surface area contributed by atoms with Crippen molar-refractivity contribution < 1.29 is 14.6 Å². The van der Waals surface area contributed by atoms with Crippen molar-refractivity contribution in [1.29, 1.82) is 0 Å². The Morgan fingerprint density at radius 1 is 1.32 bits per heavy atom. The zero-order valence-electron chi connectivity index (χ0n) is 10.6. The summed E-state index contributed by atoms with van der Waals surface area (Å²) in [6.07, 6.45) is 8.83. The molecule has 102 valence electrons. The van der Waals surface area contributed by atoms with Crippen LogP contribution in [-0.4, -0.2) is 17.2 Å². The fourth-order valence-corrected chi connectivity index (χ4v) is 2.66. The van der Waals surface area contributed by atoms with Crippen LogP contribution in [0.4, 0.5) is 0 Å². The van der Waals surface area contributed by atoms with Crippen LogP contribution in [0.25, 0.3) is 6.08 Å². The maximum atomic E-state index is 10.6. The number of hydrogen-bond acceptors (Lipinski definition) is 2. The summed E-state index contributed by atoms with van der Waals surface area (Å²) in [6, 6.07) is 5.67. The Morgan fingerprint density at radius 2 is 2.05 bits per heavy atom. The van der Waals surface area contributed by atoms with E-state index in [-0.39, 0.29) is 6.10 Å². The van der Waals surface area contributed by atoms with Crippen LogP contribution in [0.3, 0.4) is 0 Å². The van der Waals surface area contributed by atoms with E-state index in [9.17, 15) is 4.79 Å². The van der Waals surface area contributed by atoms with E-state index >= 15 is 0 Å². The second kappa shape index (κ2) is 6.75. The lowest BCUT2D eigenvalue weighted by Gasteiger charge is -2.24. The molecule has 1 saturated carbocycles. The van der Waals surface area contributed by atoms with Gasteiger partial charge in [0.1, 0.15) is 5.75 Å². The molecule has 0 aromatic heterocycles. The lowest BCUT2D eigenvalue weighted by molar-refractivity contribution is -0.131. The Morgan fingerprint density at radius 3 is 2.74 bits per heavy atom. The van der Waals surface area contributed by atoms with E-state index in [1.807, 2.05) is 18.2 Å². The van der Waals surface area contributed by atoms with E-state index in [2.05, 4.69) is 15.9 Å². The molecular formula is C15H17BrO3. The molecule has 4 heteroatoms. The van der Waals surface area contributed by atoms with Crippen LogP contribution in [0.2, 0.25) is 0 Å². The summed E-state index contributed by atoms with van der Waals surface area (Å²) in [5.74, 6) is -0.198. The molecule has 3 nitrogen and oxygen atoms in total. The first kappa shape index (κ1) is 14.1. The van der Waals surface area contributed by atoms with Gasteiger partial charge in [0, 0.05) is 16.1 Å². The van der Waals surface area contributed by atoms with Crippen LogP contribution in [0, 0.1) is 0 Å². The zero-order valence-corrected chi connectivity index (χ0v) is 12.2. The molecule has 1 fully saturated rings. The van der Waals surface area contributed by atoms with E-state index in [0.717, 1.165) is 34.7 Å². The summed E-state index contributed by atoms with van der Waals surface area (Å²) < 4.78 is 6.92. The number of carboxylic acid groups (broad SMARTS) is 1. The fourth-order valence-electron chi connectivity index (χ4n) is 2.28. The van der Waals surface area contributed by atoms with E-state index in [0.29, 0.717) is 0 Å². The van der Waals surface area contributed by atoms with Gasteiger partial charge in [-0.3, -0.25) is 0 Å². The summed E-state index contributed by atoms with van der Waals surface area (Å²) in [6.45, 7) is 0. The van der Waals surface area contributed by atoms with E-state index in [1.165, 1.54) is 19.3 Å². The molecule has 1 aromatic rings. The maximum absolute atomic E-state index is 10.6. The van der Waals surface area contributed by atoms with E-state index < -0.39 is 5.97 Å². The standard InChI is InChI=1S/C15H17BrO3/c16-12-7-8-14(11(10-12)6-9-15(17)18)19-13-4-2-1-3-5-13/h6-10,13H,1-5H2,(H,17,18)/b9-6+. The molecule has 0 aliphatic heterocycles. The van der Waals surface area contributed by atoms with Crippen LogP contribution < -0.4 is 4.74 Å². The van der Waals surface area contributed by atoms with Gasteiger partial charge in [-0.05, 0) is 50.0 Å². The smallest absolute Gasteiger partial charge is 0.328 e. The number of ether oxygens (including phenoxy) is 1. The van der Waals surface area contributed by atoms with Crippen molar-refractivity contribution in [3.05, 3.63) is 34.3 Å². The minimum atomic E-state index is -0.955. The Labute approximate surface area is 121 Å². The Balaban J connectivity index is 2.15. The summed E-state index contributed by atoms with van der Waals surface area (Å²) in [4.78, 5) is 10.6. The van der Waals surface area contributed by atoms with Crippen molar-refractivity contribution in [2.75, 3.05) is 0 Å². The molecule has 0 unspecified atom stereocenters. The van der Waals surface area contributed by atoms with Gasteiger partial charge in [0.25, 0.3) is 0 Å². The van der Waals surface area contributed by atoms with Crippen LogP contribution in [0.5, 0.6) is 5.75 Å². The quantitative estimate of drug-likeness (QED) is 0.842. The van der Waals surface area contributed by atoms with Gasteiger partial charge in [0.05, 0.1) is 6.10 Å². The molecular weight excluding hydrogens is 308 g/mol. The monoisotopic (exact) mass is 324 g/mol. The molecule has 0 radical (unpaired) electrons. The van der Waals surface area contributed by atoms with Crippen LogP contribution in [-0.2, 0) is 4.79 Å². The number of benzene rings is 1. The lowest BCUT2D eigenvalue weighted by Crippen LogP contribution is -2.20. The van der Waals surface area contributed by atoms with Gasteiger partial charge in [-0.15, -0.1) is 0 Å². The topological polar surface area (TPSA) is 46.5 Å². The van der Waals surface area contributed by atoms with Crippen LogP contribution in [0.15, 0.2) is 28.7 Å². The van der Waals surface area contributed by atoms with Crippen LogP contribution in [0.1, 0.15) is 37.7 Å². The first-order valence-corrected chi connectivity index (χ1v) is 7.31. The predicted molar refractivity (Wildman–Crippen MR) is 78.3 cm³/mol. The lowest BCUT2D eigenvalue weighted by atomic mass is 9.97. The van der Waals surface area contributed by atoms with Crippen molar-refractivity contribution in [2.45, 2.75) is 38.2 Å². The second-order valence-corrected chi connectivity index (χ2v) is 5.65. The number of aliphatic carboxylic acids is 1. The highest BCUT2D eigenvalue weighted by atomic mass is 79.9. The normalized spacial score (nSPS) is 16.7. The molecule has 0 saturated heterocycles. The Kier molecular flexibility index (Phi) is 5.02. The molecule has 0 bridgehead atoms. The third-order valence-corrected chi connectivity index (χ3v) is 3.72. The van der Waals surface area contributed by atoms with Gasteiger partial charge < -0.3 is 9.84 Å². The molecule has 2 rings (SSSR count). The van der Waals surface area contributed by atoms with Crippen molar-refractivity contribution in [3.63, 3.8) is 0 Å². The number of rotatable bonds is 4. The minimum Gasteiger partial charge on any atom is -0.490 e. The summed E-state index contributed by atoms with van der Waals surface area (Å²) in [5, 5.41) is 8.72. The van der Waals surface area contributed by atoms with Gasteiger partial charge >= 0.3 is 5.97 Å². The first-order chi connectivity index (χ1) is 9.15. The van der Waals surface area contributed by atoms with Crippen LogP contribution >= 0.6 is 15.9 Å². The van der Waals surface area contributed by atoms with Crippen molar-refractivity contribution in [3.8, 4) is 5.75 Å². The molecule has 1 aliphatic rings. The van der Waals surface area contributed by atoms with E-state index in [1.54, 1.807) is 6.08 Å². The Bertz CT molecular complexity index is 476. The molecule has 0 heterocycles. The van der Waals surface area contributed by atoms with Gasteiger partial charge in [-0.25, -0.2) is 4.79 Å².